The molecule has 1 aromatic rings. The van der Waals surface area contributed by atoms with E-state index in [1.165, 1.54) is 0 Å². The minimum atomic E-state index is 0.716. The number of ether oxygens (including phenoxy) is 1. The van der Waals surface area contributed by atoms with E-state index in [0.717, 1.165) is 32.0 Å². The van der Waals surface area contributed by atoms with Crippen LogP contribution >= 0.6 is 0 Å². The van der Waals surface area contributed by atoms with Gasteiger partial charge in [0.2, 0.25) is 0 Å². The smallest absolute Gasteiger partial charge is 0.125 e. The maximum absolute atomic E-state index is 5.48. The number of nitrogens with zero attached hydrogens (tertiary/aromatic N) is 1. The molecule has 84 valence electrons. The molecule has 3 nitrogen and oxygen atoms in total. The van der Waals surface area contributed by atoms with Gasteiger partial charge in [0.05, 0.1) is 6.61 Å². The van der Waals surface area contributed by atoms with E-state index in [2.05, 4.69) is 24.1 Å². The first-order valence-corrected chi connectivity index (χ1v) is 5.51. The third-order valence-electron chi connectivity index (χ3n) is 2.06. The van der Waals surface area contributed by atoms with Crippen molar-refractivity contribution in [1.29, 1.82) is 0 Å². The Bertz CT molecular complexity index is 249. The average Bonchev–Trinajstić information content (AvgIpc) is 2.24. The Labute approximate surface area is 91.9 Å². The Morgan fingerprint density at radius 1 is 1.33 bits per heavy atom. The van der Waals surface area contributed by atoms with Crippen LogP contribution in [0.5, 0.6) is 0 Å². The summed E-state index contributed by atoms with van der Waals surface area (Å²) in [4.78, 5) is 4.16. The van der Waals surface area contributed by atoms with Gasteiger partial charge in [-0.1, -0.05) is 19.9 Å². The van der Waals surface area contributed by atoms with Crippen molar-refractivity contribution in [3.63, 3.8) is 0 Å². The molecule has 0 aliphatic rings. The van der Waals surface area contributed by atoms with E-state index in [-0.39, 0.29) is 0 Å². The lowest BCUT2D eigenvalue weighted by molar-refractivity contribution is 0.132. The van der Waals surface area contributed by atoms with E-state index >= 15 is 0 Å². The molecule has 0 aliphatic carbocycles. The molecule has 0 fully saturated rings. The van der Waals surface area contributed by atoms with Crippen LogP contribution in [0.2, 0.25) is 0 Å². The van der Waals surface area contributed by atoms with E-state index < -0.39 is 0 Å². The van der Waals surface area contributed by atoms with Crippen molar-refractivity contribution < 1.29 is 4.74 Å². The summed E-state index contributed by atoms with van der Waals surface area (Å²) in [6.07, 6.45) is 2.91. The number of pyridine rings is 1. The maximum atomic E-state index is 5.48. The highest BCUT2D eigenvalue weighted by Gasteiger charge is 1.94. The lowest BCUT2D eigenvalue weighted by Crippen LogP contribution is -2.11. The molecule has 0 spiro atoms. The highest BCUT2D eigenvalue weighted by atomic mass is 16.5. The van der Waals surface area contributed by atoms with E-state index in [1.54, 1.807) is 6.20 Å². The molecule has 0 bridgehead atoms. The fourth-order valence-electron chi connectivity index (χ4n) is 1.14. The Balaban J connectivity index is 1.98. The third-order valence-corrected chi connectivity index (χ3v) is 2.06. The Morgan fingerprint density at radius 3 is 2.87 bits per heavy atom. The van der Waals surface area contributed by atoms with Gasteiger partial charge in [-0.2, -0.15) is 0 Å². The topological polar surface area (TPSA) is 34.1 Å². The van der Waals surface area contributed by atoms with Crippen molar-refractivity contribution in [2.75, 3.05) is 25.1 Å². The van der Waals surface area contributed by atoms with Crippen LogP contribution in [0.1, 0.15) is 20.3 Å². The van der Waals surface area contributed by atoms with Gasteiger partial charge in [0.25, 0.3) is 0 Å². The molecule has 3 heteroatoms. The molecule has 0 aromatic carbocycles. The zero-order valence-electron chi connectivity index (χ0n) is 9.57. The maximum Gasteiger partial charge on any atom is 0.125 e. The van der Waals surface area contributed by atoms with Crippen LogP contribution in [0.4, 0.5) is 5.82 Å². The molecular weight excluding hydrogens is 188 g/mol. The molecule has 0 saturated heterocycles. The first-order chi connectivity index (χ1) is 7.29. The van der Waals surface area contributed by atoms with E-state index in [4.69, 9.17) is 4.74 Å². The lowest BCUT2D eigenvalue weighted by Gasteiger charge is -2.07. The highest BCUT2D eigenvalue weighted by Crippen LogP contribution is 2.00. The average molecular weight is 208 g/mol. The summed E-state index contributed by atoms with van der Waals surface area (Å²) in [6.45, 7) is 6.81. The van der Waals surface area contributed by atoms with Crippen LogP contribution in [0.15, 0.2) is 24.4 Å². The standard InChI is InChI=1S/C12H20N2O/c1-11(2)6-9-15-10-8-14-12-5-3-4-7-13-12/h3-5,7,11H,6,8-10H2,1-2H3,(H,13,14). The Morgan fingerprint density at radius 2 is 2.20 bits per heavy atom. The number of hydrogen-bond acceptors (Lipinski definition) is 3. The summed E-state index contributed by atoms with van der Waals surface area (Å²) in [7, 11) is 0. The number of nitrogens with one attached hydrogen (secondary N) is 1. The zero-order valence-corrected chi connectivity index (χ0v) is 9.57. The molecule has 0 amide bonds. The monoisotopic (exact) mass is 208 g/mol. The van der Waals surface area contributed by atoms with Gasteiger partial charge in [0, 0.05) is 19.3 Å². The first kappa shape index (κ1) is 12.0. The molecule has 1 N–H and O–H groups in total. The second-order valence-corrected chi connectivity index (χ2v) is 3.94. The van der Waals surface area contributed by atoms with Gasteiger partial charge in [-0.3, -0.25) is 0 Å². The third kappa shape index (κ3) is 6.07. The van der Waals surface area contributed by atoms with Crippen molar-refractivity contribution in [1.82, 2.24) is 4.98 Å². The molecule has 0 aliphatic heterocycles. The summed E-state index contributed by atoms with van der Waals surface area (Å²) in [6, 6.07) is 5.83. The normalized spacial score (nSPS) is 10.6. The van der Waals surface area contributed by atoms with Crippen LogP contribution in [-0.2, 0) is 4.74 Å². The quantitative estimate of drug-likeness (QED) is 0.699. The van der Waals surface area contributed by atoms with Gasteiger partial charge in [-0.05, 0) is 24.5 Å². The molecular formula is C12H20N2O. The van der Waals surface area contributed by atoms with Crippen molar-refractivity contribution in [3.8, 4) is 0 Å². The SMILES string of the molecule is CC(C)CCOCCNc1ccccn1. The minimum Gasteiger partial charge on any atom is -0.380 e. The summed E-state index contributed by atoms with van der Waals surface area (Å²) in [5, 5.41) is 3.20. The summed E-state index contributed by atoms with van der Waals surface area (Å²) < 4.78 is 5.48. The predicted molar refractivity (Wildman–Crippen MR) is 63.0 cm³/mol. The van der Waals surface area contributed by atoms with Gasteiger partial charge in [-0.25, -0.2) is 4.98 Å². The van der Waals surface area contributed by atoms with Crippen LogP contribution in [0.25, 0.3) is 0 Å². The molecule has 0 unspecified atom stereocenters. The Kier molecular flexibility index (Phi) is 5.78. The molecule has 1 aromatic heterocycles. The van der Waals surface area contributed by atoms with Gasteiger partial charge in [-0.15, -0.1) is 0 Å². The highest BCUT2D eigenvalue weighted by molar-refractivity contribution is 5.32. The summed E-state index contributed by atoms with van der Waals surface area (Å²) in [5.74, 6) is 1.62. The van der Waals surface area contributed by atoms with Crippen molar-refractivity contribution >= 4 is 5.82 Å². The second kappa shape index (κ2) is 7.23. The zero-order chi connectivity index (χ0) is 10.9. The molecule has 0 radical (unpaired) electrons. The fraction of sp³-hybridized carbons (Fsp3) is 0.583. The van der Waals surface area contributed by atoms with Crippen molar-refractivity contribution in [2.24, 2.45) is 5.92 Å². The van der Waals surface area contributed by atoms with Gasteiger partial charge in [0.15, 0.2) is 0 Å². The van der Waals surface area contributed by atoms with E-state index in [1.807, 2.05) is 18.2 Å². The van der Waals surface area contributed by atoms with Crippen molar-refractivity contribution in [2.45, 2.75) is 20.3 Å². The van der Waals surface area contributed by atoms with E-state index in [9.17, 15) is 0 Å². The number of anilines is 1. The van der Waals surface area contributed by atoms with Crippen LogP contribution in [-0.4, -0.2) is 24.7 Å². The fourth-order valence-corrected chi connectivity index (χ4v) is 1.14. The predicted octanol–water partition coefficient (Wildman–Crippen LogP) is 2.56. The van der Waals surface area contributed by atoms with E-state index in [0.29, 0.717) is 5.92 Å². The Hall–Kier alpha value is -1.09. The molecule has 0 saturated carbocycles. The minimum absolute atomic E-state index is 0.716. The number of rotatable bonds is 7. The van der Waals surface area contributed by atoms with Gasteiger partial charge < -0.3 is 10.1 Å². The van der Waals surface area contributed by atoms with Gasteiger partial charge >= 0.3 is 0 Å². The molecule has 0 atom stereocenters. The summed E-state index contributed by atoms with van der Waals surface area (Å²) >= 11 is 0. The second-order valence-electron chi connectivity index (χ2n) is 3.94. The molecule has 1 heterocycles. The first-order valence-electron chi connectivity index (χ1n) is 5.51. The van der Waals surface area contributed by atoms with Crippen LogP contribution in [0, 0.1) is 5.92 Å². The van der Waals surface area contributed by atoms with Gasteiger partial charge in [0.1, 0.15) is 5.82 Å². The van der Waals surface area contributed by atoms with Crippen LogP contribution in [0.3, 0.4) is 0 Å². The largest absolute Gasteiger partial charge is 0.380 e. The lowest BCUT2D eigenvalue weighted by atomic mass is 10.1. The molecule has 15 heavy (non-hydrogen) atoms. The number of aromatic nitrogens is 1. The summed E-state index contributed by atoms with van der Waals surface area (Å²) in [5.41, 5.74) is 0. The van der Waals surface area contributed by atoms with Crippen LogP contribution < -0.4 is 5.32 Å². The van der Waals surface area contributed by atoms with Crippen molar-refractivity contribution in [3.05, 3.63) is 24.4 Å². The molecule has 1 rings (SSSR count). The number of hydrogen-bond donors (Lipinski definition) is 1.